The van der Waals surface area contributed by atoms with Crippen LogP contribution in [0.5, 0.6) is 5.88 Å². The van der Waals surface area contributed by atoms with Gasteiger partial charge in [-0.1, -0.05) is 11.6 Å². The molecule has 25 heavy (non-hydrogen) atoms. The maximum atomic E-state index is 11.4. The van der Waals surface area contributed by atoms with E-state index in [9.17, 15) is 25.0 Å². The molecule has 0 radical (unpaired) electrons. The van der Waals surface area contributed by atoms with Gasteiger partial charge in [0.2, 0.25) is 0 Å². The maximum absolute atomic E-state index is 11.4. The van der Waals surface area contributed by atoms with Gasteiger partial charge in [0.15, 0.2) is 5.15 Å². The number of halogens is 1. The van der Waals surface area contributed by atoms with Crippen LogP contribution >= 0.6 is 11.6 Å². The Morgan fingerprint density at radius 3 is 2.56 bits per heavy atom. The van der Waals surface area contributed by atoms with Crippen molar-refractivity contribution in [2.75, 3.05) is 6.61 Å². The summed E-state index contributed by atoms with van der Waals surface area (Å²) < 4.78 is 10.6. The molecule has 0 bridgehead atoms. The minimum absolute atomic E-state index is 0.0655. The van der Waals surface area contributed by atoms with E-state index in [1.54, 1.807) is 6.92 Å². The first-order chi connectivity index (χ1) is 11.8. The Kier molecular flexibility index (Phi) is 5.17. The number of nitro benzene ring substituents is 2. The normalized spacial score (nSPS) is 10.4. The van der Waals surface area contributed by atoms with Crippen molar-refractivity contribution in [1.29, 1.82) is 0 Å². The van der Waals surface area contributed by atoms with E-state index in [0.717, 1.165) is 22.8 Å². The first-order valence-corrected chi connectivity index (χ1v) is 7.16. The van der Waals surface area contributed by atoms with Crippen LogP contribution in [0, 0.1) is 27.2 Å². The van der Waals surface area contributed by atoms with E-state index in [4.69, 9.17) is 16.3 Å². The first-order valence-electron chi connectivity index (χ1n) is 6.78. The SMILES string of the molecule is CCOC(=O)Oc1nc(C)n(-c2ccc([N+](=O)[O-])cc2[N+](=O)[O-])c1Cl. The molecular formula is C13H11ClN4O7. The predicted molar refractivity (Wildman–Crippen MR) is 84.3 cm³/mol. The second-order valence-corrected chi connectivity index (χ2v) is 4.92. The van der Waals surface area contributed by atoms with E-state index >= 15 is 0 Å². The summed E-state index contributed by atoms with van der Waals surface area (Å²) in [5.41, 5.74) is -1.07. The number of nitro groups is 2. The Labute approximate surface area is 145 Å². The molecule has 0 aliphatic heterocycles. The Balaban J connectivity index is 2.55. The van der Waals surface area contributed by atoms with E-state index < -0.39 is 27.4 Å². The van der Waals surface area contributed by atoms with Gasteiger partial charge in [0, 0.05) is 6.07 Å². The highest BCUT2D eigenvalue weighted by Crippen LogP contribution is 2.34. The minimum Gasteiger partial charge on any atom is -0.434 e. The number of carbonyl (C=O) groups is 1. The number of rotatable bonds is 5. The fourth-order valence-corrected chi connectivity index (χ4v) is 2.31. The van der Waals surface area contributed by atoms with Gasteiger partial charge in [-0.05, 0) is 19.9 Å². The summed E-state index contributed by atoms with van der Waals surface area (Å²) in [4.78, 5) is 35.8. The van der Waals surface area contributed by atoms with Crippen LogP contribution in [-0.4, -0.2) is 32.2 Å². The standard InChI is InChI=1S/C13H11ClN4O7/c1-3-24-13(19)25-12-11(14)16(7(2)15-12)9-5-4-8(17(20)21)6-10(9)18(22)23/h4-6H,3H2,1-2H3. The largest absolute Gasteiger partial charge is 0.515 e. The second kappa shape index (κ2) is 7.13. The van der Waals surface area contributed by atoms with Gasteiger partial charge in [0.05, 0.1) is 22.5 Å². The van der Waals surface area contributed by atoms with Gasteiger partial charge in [-0.15, -0.1) is 0 Å². The number of hydrogen-bond donors (Lipinski definition) is 0. The average molecular weight is 371 g/mol. The van der Waals surface area contributed by atoms with Crippen LogP contribution in [0.3, 0.4) is 0 Å². The van der Waals surface area contributed by atoms with E-state index in [1.165, 1.54) is 6.92 Å². The van der Waals surface area contributed by atoms with Crippen LogP contribution in [0.25, 0.3) is 5.69 Å². The lowest BCUT2D eigenvalue weighted by atomic mass is 10.2. The molecule has 0 aliphatic rings. The minimum atomic E-state index is -1.03. The Morgan fingerprint density at radius 2 is 2.00 bits per heavy atom. The summed E-state index contributed by atoms with van der Waals surface area (Å²) in [7, 11) is 0. The number of carbonyl (C=O) groups excluding carboxylic acids is 1. The first kappa shape index (κ1) is 18.1. The van der Waals surface area contributed by atoms with Gasteiger partial charge in [-0.25, -0.2) is 4.79 Å². The van der Waals surface area contributed by atoms with Gasteiger partial charge in [0.25, 0.3) is 17.3 Å². The number of aryl methyl sites for hydroxylation is 1. The molecule has 0 atom stereocenters. The summed E-state index contributed by atoms with van der Waals surface area (Å²) in [6.45, 7) is 3.12. The van der Waals surface area contributed by atoms with E-state index in [-0.39, 0.29) is 29.2 Å². The molecule has 1 aromatic heterocycles. The van der Waals surface area contributed by atoms with Crippen molar-refractivity contribution in [3.05, 3.63) is 49.4 Å². The fraction of sp³-hybridized carbons (Fsp3) is 0.231. The van der Waals surface area contributed by atoms with Crippen LogP contribution < -0.4 is 4.74 Å². The van der Waals surface area contributed by atoms with Crippen molar-refractivity contribution < 1.29 is 24.1 Å². The molecule has 2 aromatic rings. The molecule has 0 N–H and O–H groups in total. The topological polar surface area (TPSA) is 140 Å². The Morgan fingerprint density at radius 1 is 1.32 bits per heavy atom. The summed E-state index contributed by atoms with van der Waals surface area (Å²) in [6.07, 6.45) is -1.03. The Bertz CT molecular complexity index is 864. The quantitative estimate of drug-likeness (QED) is 0.444. The van der Waals surface area contributed by atoms with E-state index in [0.29, 0.717) is 0 Å². The van der Waals surface area contributed by atoms with Gasteiger partial charge in [-0.3, -0.25) is 24.8 Å². The van der Waals surface area contributed by atoms with Crippen molar-refractivity contribution in [2.45, 2.75) is 13.8 Å². The molecule has 0 aliphatic carbocycles. The highest BCUT2D eigenvalue weighted by molar-refractivity contribution is 6.31. The summed E-state index contributed by atoms with van der Waals surface area (Å²) in [6, 6.07) is 3.05. The van der Waals surface area contributed by atoms with E-state index in [1.807, 2.05) is 0 Å². The average Bonchev–Trinajstić information content (AvgIpc) is 2.80. The van der Waals surface area contributed by atoms with Crippen LogP contribution in [0.2, 0.25) is 5.15 Å². The smallest absolute Gasteiger partial charge is 0.434 e. The highest BCUT2D eigenvalue weighted by atomic mass is 35.5. The molecule has 0 amide bonds. The molecule has 0 unspecified atom stereocenters. The highest BCUT2D eigenvalue weighted by Gasteiger charge is 2.26. The van der Waals surface area contributed by atoms with Crippen LogP contribution in [0.15, 0.2) is 18.2 Å². The number of imidazole rings is 1. The van der Waals surface area contributed by atoms with Gasteiger partial charge >= 0.3 is 6.16 Å². The number of non-ortho nitro benzene ring substituents is 1. The second-order valence-electron chi connectivity index (χ2n) is 4.56. The molecule has 1 aromatic carbocycles. The number of aromatic nitrogens is 2. The molecule has 11 nitrogen and oxygen atoms in total. The number of benzene rings is 1. The molecule has 12 heteroatoms. The molecule has 0 saturated carbocycles. The van der Waals surface area contributed by atoms with Gasteiger partial charge in [-0.2, -0.15) is 4.98 Å². The lowest BCUT2D eigenvalue weighted by Crippen LogP contribution is -2.10. The molecular weight excluding hydrogens is 360 g/mol. The number of hydrogen-bond acceptors (Lipinski definition) is 8. The lowest BCUT2D eigenvalue weighted by molar-refractivity contribution is -0.394. The van der Waals surface area contributed by atoms with Crippen LogP contribution in [0.1, 0.15) is 12.7 Å². The molecule has 0 fully saturated rings. The zero-order valence-electron chi connectivity index (χ0n) is 13.0. The van der Waals surface area contributed by atoms with Crippen molar-refractivity contribution in [2.24, 2.45) is 0 Å². The van der Waals surface area contributed by atoms with Crippen molar-refractivity contribution in [1.82, 2.24) is 9.55 Å². The third-order valence-corrected chi connectivity index (χ3v) is 3.34. The summed E-state index contributed by atoms with van der Waals surface area (Å²) >= 11 is 6.10. The summed E-state index contributed by atoms with van der Waals surface area (Å²) in [5.74, 6) is -0.133. The fourth-order valence-electron chi connectivity index (χ4n) is 2.01. The number of nitrogens with zero attached hydrogens (tertiary/aromatic N) is 4. The molecule has 2 rings (SSSR count). The predicted octanol–water partition coefficient (Wildman–Crippen LogP) is 3.19. The zero-order chi connectivity index (χ0) is 18.7. The van der Waals surface area contributed by atoms with Crippen molar-refractivity contribution >= 4 is 29.1 Å². The van der Waals surface area contributed by atoms with Crippen LogP contribution in [0.4, 0.5) is 16.2 Å². The third-order valence-electron chi connectivity index (χ3n) is 3.01. The van der Waals surface area contributed by atoms with Gasteiger partial charge in [0.1, 0.15) is 11.5 Å². The zero-order valence-corrected chi connectivity index (χ0v) is 13.7. The lowest BCUT2D eigenvalue weighted by Gasteiger charge is -2.07. The van der Waals surface area contributed by atoms with Crippen molar-refractivity contribution in [3.8, 4) is 11.6 Å². The van der Waals surface area contributed by atoms with E-state index in [2.05, 4.69) is 9.72 Å². The van der Waals surface area contributed by atoms with Crippen molar-refractivity contribution in [3.63, 3.8) is 0 Å². The molecule has 0 spiro atoms. The monoisotopic (exact) mass is 370 g/mol. The third kappa shape index (κ3) is 3.66. The maximum Gasteiger partial charge on any atom is 0.515 e. The molecule has 0 saturated heterocycles. The summed E-state index contributed by atoms with van der Waals surface area (Å²) in [5, 5.41) is 21.9. The van der Waals surface area contributed by atoms with Gasteiger partial charge < -0.3 is 9.47 Å². The molecule has 1 heterocycles. The van der Waals surface area contributed by atoms with Crippen LogP contribution in [-0.2, 0) is 4.74 Å². The molecule has 132 valence electrons. The number of ether oxygens (including phenoxy) is 2. The Hall–Kier alpha value is -3.21.